The highest BCUT2D eigenvalue weighted by atomic mass is 16.6. The molecule has 1 amide bonds. The van der Waals surface area contributed by atoms with Gasteiger partial charge in [-0.15, -0.1) is 0 Å². The van der Waals surface area contributed by atoms with Gasteiger partial charge in [-0.3, -0.25) is 4.90 Å². The minimum Gasteiger partial charge on any atom is -0.488 e. The Morgan fingerprint density at radius 3 is 2.42 bits per heavy atom. The average molecular weight is 580 g/mol. The number of esters is 1. The van der Waals surface area contributed by atoms with E-state index in [-0.39, 0.29) is 30.1 Å². The van der Waals surface area contributed by atoms with Gasteiger partial charge in [0.05, 0.1) is 25.3 Å². The number of hydrogen-bond donors (Lipinski definition) is 0. The number of fused-ring (bicyclic) bond motifs is 2. The second-order valence-electron chi connectivity index (χ2n) is 12.4. The molecule has 0 aliphatic carbocycles. The van der Waals surface area contributed by atoms with Crippen LogP contribution in [0.25, 0.3) is 10.8 Å². The molecule has 0 bridgehead atoms. The van der Waals surface area contributed by atoms with Gasteiger partial charge in [-0.05, 0) is 93.1 Å². The predicted molar refractivity (Wildman–Crippen MR) is 170 cm³/mol. The molecule has 224 valence electrons. The number of para-hydroxylation sites is 1. The van der Waals surface area contributed by atoms with E-state index < -0.39 is 5.60 Å². The molecule has 0 spiro atoms. The van der Waals surface area contributed by atoms with Crippen LogP contribution >= 0.6 is 0 Å². The fraction of sp³-hybridized carbons (Fsp3) is 0.351. The molecular weight excluding hydrogens is 538 g/mol. The Bertz CT molecular complexity index is 1650. The van der Waals surface area contributed by atoms with E-state index in [0.717, 1.165) is 44.3 Å². The van der Waals surface area contributed by atoms with Gasteiger partial charge < -0.3 is 14.2 Å². The first-order chi connectivity index (χ1) is 20.5. The SMILES string of the molecule is COC(=O)c1cc(C2C[C@H](CN(C(=O)OC(C)(C)C)[C@H](C)c3cccc4ccccc34)Oc3ccccc32)cc(C)c1C. The van der Waals surface area contributed by atoms with Gasteiger partial charge in [-0.25, -0.2) is 9.59 Å². The van der Waals surface area contributed by atoms with E-state index in [9.17, 15) is 9.59 Å². The number of aryl methyl sites for hydroxylation is 1. The number of ether oxygens (including phenoxy) is 3. The summed E-state index contributed by atoms with van der Waals surface area (Å²) in [6, 6.07) is 26.3. The lowest BCUT2D eigenvalue weighted by molar-refractivity contribution is 0.00569. The van der Waals surface area contributed by atoms with Crippen LogP contribution in [0.15, 0.2) is 78.9 Å². The van der Waals surface area contributed by atoms with Crippen LogP contribution < -0.4 is 4.74 Å². The lowest BCUT2D eigenvalue weighted by atomic mass is 9.82. The molecule has 43 heavy (non-hydrogen) atoms. The summed E-state index contributed by atoms with van der Waals surface area (Å²) in [5.74, 6) is 0.397. The minimum atomic E-state index is -0.653. The van der Waals surface area contributed by atoms with Crippen molar-refractivity contribution in [1.82, 2.24) is 4.90 Å². The molecule has 3 atom stereocenters. The van der Waals surface area contributed by atoms with Gasteiger partial charge in [-0.1, -0.05) is 66.7 Å². The van der Waals surface area contributed by atoms with E-state index in [4.69, 9.17) is 14.2 Å². The Hall–Kier alpha value is -4.32. The number of hydrogen-bond acceptors (Lipinski definition) is 5. The molecule has 4 aromatic carbocycles. The number of carbonyl (C=O) groups excluding carboxylic acids is 2. The van der Waals surface area contributed by atoms with E-state index in [1.165, 1.54) is 7.11 Å². The van der Waals surface area contributed by atoms with Gasteiger partial charge in [0.2, 0.25) is 0 Å². The van der Waals surface area contributed by atoms with Gasteiger partial charge in [0.1, 0.15) is 17.5 Å². The first-order valence-corrected chi connectivity index (χ1v) is 14.9. The van der Waals surface area contributed by atoms with E-state index in [1.807, 2.05) is 84.0 Å². The summed E-state index contributed by atoms with van der Waals surface area (Å²) in [5.41, 5.74) is 4.98. The fourth-order valence-corrected chi connectivity index (χ4v) is 6.04. The van der Waals surface area contributed by atoms with E-state index in [2.05, 4.69) is 36.4 Å². The van der Waals surface area contributed by atoms with Crippen molar-refractivity contribution in [3.63, 3.8) is 0 Å². The summed E-state index contributed by atoms with van der Waals surface area (Å²) in [6.45, 7) is 12.0. The normalized spacial score (nSPS) is 17.0. The second-order valence-corrected chi connectivity index (χ2v) is 12.4. The molecule has 1 aliphatic heterocycles. The topological polar surface area (TPSA) is 65.1 Å². The van der Waals surface area contributed by atoms with Crippen LogP contribution in [0.2, 0.25) is 0 Å². The van der Waals surface area contributed by atoms with E-state index >= 15 is 0 Å². The third kappa shape index (κ3) is 6.38. The standard InChI is InChI=1S/C37H41NO5/c1-23-19-27(20-32(24(23)2)35(39)41-7)33-21-28(42-34-18-11-10-16-31(33)34)22-38(36(40)43-37(4,5)6)25(3)29-17-12-14-26-13-8-9-15-30(26)29/h8-20,25,28,33H,21-22H2,1-7H3/t25-,28-,33?/m1/s1. The summed E-state index contributed by atoms with van der Waals surface area (Å²) < 4.78 is 17.6. The van der Waals surface area contributed by atoms with Crippen molar-refractivity contribution >= 4 is 22.8 Å². The molecule has 6 heteroatoms. The largest absolute Gasteiger partial charge is 0.488 e. The van der Waals surface area contributed by atoms with Crippen molar-refractivity contribution in [3.05, 3.63) is 112 Å². The number of methoxy groups -OCH3 is 1. The molecule has 1 heterocycles. The van der Waals surface area contributed by atoms with Crippen LogP contribution in [0.5, 0.6) is 5.75 Å². The molecule has 0 saturated heterocycles. The number of amides is 1. The van der Waals surface area contributed by atoms with E-state index in [0.29, 0.717) is 18.5 Å². The zero-order chi connectivity index (χ0) is 30.9. The van der Waals surface area contributed by atoms with Gasteiger partial charge in [-0.2, -0.15) is 0 Å². The predicted octanol–water partition coefficient (Wildman–Crippen LogP) is 8.52. The van der Waals surface area contributed by atoms with Gasteiger partial charge in [0, 0.05) is 11.5 Å². The lowest BCUT2D eigenvalue weighted by Crippen LogP contribution is -2.45. The minimum absolute atomic E-state index is 0.0361. The molecular formula is C37H41NO5. The molecule has 0 aromatic heterocycles. The number of benzene rings is 4. The van der Waals surface area contributed by atoms with Crippen molar-refractivity contribution in [2.75, 3.05) is 13.7 Å². The molecule has 0 N–H and O–H groups in total. The highest BCUT2D eigenvalue weighted by Crippen LogP contribution is 2.42. The Balaban J connectivity index is 1.53. The Morgan fingerprint density at radius 1 is 0.977 bits per heavy atom. The summed E-state index contributed by atoms with van der Waals surface area (Å²) in [6.07, 6.45) is -0.0686. The summed E-state index contributed by atoms with van der Waals surface area (Å²) in [7, 11) is 1.41. The highest BCUT2D eigenvalue weighted by Gasteiger charge is 2.35. The first kappa shape index (κ1) is 30.1. The molecule has 5 rings (SSSR count). The maximum atomic E-state index is 13.8. The van der Waals surface area contributed by atoms with Crippen molar-refractivity contribution < 1.29 is 23.8 Å². The van der Waals surface area contributed by atoms with Crippen LogP contribution in [-0.2, 0) is 9.47 Å². The van der Waals surface area contributed by atoms with Crippen LogP contribution in [-0.4, -0.2) is 42.3 Å². The third-order valence-corrected chi connectivity index (χ3v) is 8.35. The van der Waals surface area contributed by atoms with Gasteiger partial charge in [0.25, 0.3) is 0 Å². The van der Waals surface area contributed by atoms with Crippen molar-refractivity contribution in [2.24, 2.45) is 0 Å². The van der Waals surface area contributed by atoms with Gasteiger partial charge >= 0.3 is 12.1 Å². The quantitative estimate of drug-likeness (QED) is 0.214. The molecule has 4 aromatic rings. The number of rotatable bonds is 6. The zero-order valence-corrected chi connectivity index (χ0v) is 26.1. The number of nitrogens with zero attached hydrogens (tertiary/aromatic N) is 1. The number of carbonyl (C=O) groups is 2. The molecule has 1 unspecified atom stereocenters. The average Bonchev–Trinajstić information content (AvgIpc) is 2.98. The zero-order valence-electron chi connectivity index (χ0n) is 26.1. The Kier molecular flexibility index (Phi) is 8.50. The highest BCUT2D eigenvalue weighted by molar-refractivity contribution is 5.91. The Labute approximate surface area is 254 Å². The summed E-state index contributed by atoms with van der Waals surface area (Å²) >= 11 is 0. The molecule has 6 nitrogen and oxygen atoms in total. The third-order valence-electron chi connectivity index (χ3n) is 8.35. The summed E-state index contributed by atoms with van der Waals surface area (Å²) in [4.78, 5) is 28.3. The monoisotopic (exact) mass is 579 g/mol. The lowest BCUT2D eigenvalue weighted by Gasteiger charge is -2.38. The van der Waals surface area contributed by atoms with Crippen LogP contribution in [0, 0.1) is 13.8 Å². The molecule has 1 aliphatic rings. The van der Waals surface area contributed by atoms with Crippen molar-refractivity contribution in [2.45, 2.75) is 71.6 Å². The fourth-order valence-electron chi connectivity index (χ4n) is 6.04. The van der Waals surface area contributed by atoms with Crippen LogP contribution in [0.3, 0.4) is 0 Å². The molecule has 0 saturated carbocycles. The summed E-state index contributed by atoms with van der Waals surface area (Å²) in [5, 5.41) is 2.22. The Morgan fingerprint density at radius 2 is 1.67 bits per heavy atom. The van der Waals surface area contributed by atoms with Gasteiger partial charge in [0.15, 0.2) is 0 Å². The first-order valence-electron chi connectivity index (χ1n) is 14.9. The maximum Gasteiger partial charge on any atom is 0.410 e. The second kappa shape index (κ2) is 12.1. The van der Waals surface area contributed by atoms with Crippen molar-refractivity contribution in [3.8, 4) is 5.75 Å². The smallest absolute Gasteiger partial charge is 0.410 e. The van der Waals surface area contributed by atoms with Crippen LogP contribution in [0.4, 0.5) is 4.79 Å². The van der Waals surface area contributed by atoms with Crippen molar-refractivity contribution in [1.29, 1.82) is 0 Å². The maximum absolute atomic E-state index is 13.8. The van der Waals surface area contributed by atoms with Crippen LogP contribution in [0.1, 0.15) is 84.3 Å². The molecule has 0 fully saturated rings. The van der Waals surface area contributed by atoms with E-state index in [1.54, 1.807) is 4.90 Å². The molecule has 0 radical (unpaired) electrons.